The van der Waals surface area contributed by atoms with Gasteiger partial charge in [-0.25, -0.2) is 8.42 Å². The molecule has 0 aliphatic carbocycles. The number of hydrogen-bond donors (Lipinski definition) is 0. The van der Waals surface area contributed by atoms with E-state index in [1.54, 1.807) is 0 Å². The largest absolute Gasteiger partial charge is 0.371 e. The molecule has 0 spiro atoms. The average Bonchev–Trinajstić information content (AvgIpc) is 3.15. The van der Waals surface area contributed by atoms with E-state index < -0.39 is 9.84 Å². The van der Waals surface area contributed by atoms with Crippen LogP contribution in [-0.2, 0) is 9.84 Å². The number of sulfone groups is 1. The third-order valence-corrected chi connectivity index (χ3v) is 8.98. The van der Waals surface area contributed by atoms with Crippen molar-refractivity contribution >= 4 is 27.1 Å². The molecule has 3 atom stereocenters. The fourth-order valence-electron chi connectivity index (χ4n) is 5.06. The van der Waals surface area contributed by atoms with E-state index in [9.17, 15) is 8.42 Å². The molecular formula is C19H28ClN3O2S. The van der Waals surface area contributed by atoms with Crippen molar-refractivity contribution in [3.63, 3.8) is 0 Å². The highest BCUT2D eigenvalue weighted by atomic mass is 35.5. The highest BCUT2D eigenvalue weighted by molar-refractivity contribution is 7.92. The quantitative estimate of drug-likeness (QED) is 0.780. The van der Waals surface area contributed by atoms with E-state index in [1.807, 2.05) is 32.3 Å². The van der Waals surface area contributed by atoms with Crippen LogP contribution in [0.3, 0.4) is 0 Å². The third-order valence-electron chi connectivity index (χ3n) is 6.51. The van der Waals surface area contributed by atoms with Crippen LogP contribution in [0.2, 0.25) is 5.02 Å². The Kier molecular flexibility index (Phi) is 4.97. The lowest BCUT2D eigenvalue weighted by Crippen LogP contribution is -2.46. The van der Waals surface area contributed by atoms with E-state index in [0.717, 1.165) is 44.0 Å². The minimum atomic E-state index is -2.96. The first kappa shape index (κ1) is 18.5. The first-order valence-corrected chi connectivity index (χ1v) is 11.6. The number of nitrogens with zero attached hydrogens (tertiary/aromatic N) is 3. The van der Waals surface area contributed by atoms with E-state index in [4.69, 9.17) is 11.6 Å². The molecule has 0 unspecified atom stereocenters. The summed E-state index contributed by atoms with van der Waals surface area (Å²) >= 11 is 6.12. The first-order chi connectivity index (χ1) is 12.3. The molecule has 4 rings (SSSR count). The average molecular weight is 398 g/mol. The van der Waals surface area contributed by atoms with Crippen LogP contribution in [0.15, 0.2) is 24.3 Å². The molecule has 3 fully saturated rings. The van der Waals surface area contributed by atoms with Crippen LogP contribution in [-0.4, -0.2) is 81.6 Å². The maximum atomic E-state index is 12.6. The van der Waals surface area contributed by atoms with Crippen molar-refractivity contribution in [3.8, 4) is 0 Å². The van der Waals surface area contributed by atoms with Crippen LogP contribution in [0.4, 0.5) is 5.69 Å². The molecule has 5 nitrogen and oxygen atoms in total. The molecule has 0 saturated carbocycles. The Morgan fingerprint density at radius 3 is 2.54 bits per heavy atom. The second kappa shape index (κ2) is 6.97. The van der Waals surface area contributed by atoms with Gasteiger partial charge in [-0.15, -0.1) is 0 Å². The zero-order chi connectivity index (χ0) is 18.5. The zero-order valence-corrected chi connectivity index (χ0v) is 17.1. The van der Waals surface area contributed by atoms with E-state index in [0.29, 0.717) is 11.8 Å². The summed E-state index contributed by atoms with van der Waals surface area (Å²) in [6, 6.07) is 8.70. The number of halogens is 1. The lowest BCUT2D eigenvalue weighted by atomic mass is 9.99. The van der Waals surface area contributed by atoms with Crippen molar-refractivity contribution in [1.29, 1.82) is 0 Å². The number of benzene rings is 1. The minimum Gasteiger partial charge on any atom is -0.371 e. The Bertz CT molecular complexity index is 762. The number of piperidine rings is 1. The molecule has 1 aromatic rings. The van der Waals surface area contributed by atoms with Gasteiger partial charge < -0.3 is 9.80 Å². The van der Waals surface area contributed by atoms with Crippen LogP contribution >= 0.6 is 11.6 Å². The molecule has 3 heterocycles. The van der Waals surface area contributed by atoms with Gasteiger partial charge in [-0.3, -0.25) is 4.90 Å². The second-order valence-electron chi connectivity index (χ2n) is 8.21. The van der Waals surface area contributed by atoms with Gasteiger partial charge in [-0.2, -0.15) is 0 Å². The van der Waals surface area contributed by atoms with Gasteiger partial charge in [0.1, 0.15) is 0 Å². The molecule has 3 aliphatic rings. The predicted octanol–water partition coefficient (Wildman–Crippen LogP) is 1.97. The van der Waals surface area contributed by atoms with Crippen molar-refractivity contribution in [2.75, 3.05) is 50.9 Å². The maximum absolute atomic E-state index is 12.6. The summed E-state index contributed by atoms with van der Waals surface area (Å²) in [6.07, 6.45) is 2.16. The smallest absolute Gasteiger partial charge is 0.156 e. The molecule has 0 radical (unpaired) electrons. The first-order valence-electron chi connectivity index (χ1n) is 9.48. The fraction of sp³-hybridized carbons (Fsp3) is 0.684. The van der Waals surface area contributed by atoms with Gasteiger partial charge in [0, 0.05) is 54.9 Å². The molecule has 144 valence electrons. The lowest BCUT2D eigenvalue weighted by molar-refractivity contribution is 0.179. The number of rotatable bonds is 3. The summed E-state index contributed by atoms with van der Waals surface area (Å²) in [5.41, 5.74) is 1.18. The Morgan fingerprint density at radius 1 is 1.15 bits per heavy atom. The standard InChI is InChI=1S/C19H28ClN3O2S/c1-21(2)18-13-26(24,25)19-12-23(11-17(18)19)15-6-8-22(9-7-15)16-5-3-4-14(20)10-16/h3-5,10,15,17-19H,6-9,11-13H2,1-2H3/t17-,18-,19-/m0/s1. The van der Waals surface area contributed by atoms with Crippen LogP contribution < -0.4 is 4.90 Å². The van der Waals surface area contributed by atoms with Gasteiger partial charge >= 0.3 is 0 Å². The highest BCUT2D eigenvalue weighted by Crippen LogP contribution is 2.38. The number of anilines is 1. The second-order valence-corrected chi connectivity index (χ2v) is 10.9. The SMILES string of the molecule is CN(C)[C@H]1CS(=O)(=O)[C@H]2CN(C3CCN(c4cccc(Cl)c4)CC3)C[C@@H]12. The minimum absolute atomic E-state index is 0.166. The van der Waals surface area contributed by atoms with E-state index >= 15 is 0 Å². The Balaban J connectivity index is 1.40. The Morgan fingerprint density at radius 2 is 1.88 bits per heavy atom. The van der Waals surface area contributed by atoms with Crippen molar-refractivity contribution in [2.24, 2.45) is 5.92 Å². The molecule has 3 saturated heterocycles. The van der Waals surface area contributed by atoms with Crippen LogP contribution in [0.1, 0.15) is 12.8 Å². The summed E-state index contributed by atoms with van der Waals surface area (Å²) in [7, 11) is 1.06. The van der Waals surface area contributed by atoms with Crippen molar-refractivity contribution in [2.45, 2.75) is 30.2 Å². The molecule has 0 N–H and O–H groups in total. The maximum Gasteiger partial charge on any atom is 0.156 e. The van der Waals surface area contributed by atoms with Gasteiger partial charge in [0.25, 0.3) is 0 Å². The molecule has 0 bridgehead atoms. The monoisotopic (exact) mass is 397 g/mol. The van der Waals surface area contributed by atoms with Crippen LogP contribution in [0.25, 0.3) is 0 Å². The molecule has 3 aliphatic heterocycles. The van der Waals surface area contributed by atoms with Gasteiger partial charge in [0.2, 0.25) is 0 Å². The molecule has 26 heavy (non-hydrogen) atoms. The third kappa shape index (κ3) is 3.37. The predicted molar refractivity (Wildman–Crippen MR) is 107 cm³/mol. The summed E-state index contributed by atoms with van der Waals surface area (Å²) < 4.78 is 25.2. The van der Waals surface area contributed by atoms with Crippen molar-refractivity contribution < 1.29 is 8.42 Å². The molecular weight excluding hydrogens is 370 g/mol. The number of hydrogen-bond acceptors (Lipinski definition) is 5. The van der Waals surface area contributed by atoms with Gasteiger partial charge in [-0.1, -0.05) is 17.7 Å². The zero-order valence-electron chi connectivity index (χ0n) is 15.5. The fourth-order valence-corrected chi connectivity index (χ4v) is 7.73. The van der Waals surface area contributed by atoms with E-state index in [1.165, 1.54) is 5.69 Å². The Hall–Kier alpha value is -0.820. The summed E-state index contributed by atoms with van der Waals surface area (Å²) in [5.74, 6) is 0.595. The van der Waals surface area contributed by atoms with E-state index in [2.05, 4.69) is 20.8 Å². The lowest BCUT2D eigenvalue weighted by Gasteiger charge is -2.38. The number of likely N-dealkylation sites (tertiary alicyclic amines) is 1. The molecule has 0 amide bonds. The van der Waals surface area contributed by atoms with Gasteiger partial charge in [0.05, 0.1) is 11.0 Å². The number of fused-ring (bicyclic) bond motifs is 1. The summed E-state index contributed by atoms with van der Waals surface area (Å²) in [4.78, 5) is 6.95. The highest BCUT2D eigenvalue weighted by Gasteiger charge is 2.53. The van der Waals surface area contributed by atoms with Gasteiger partial charge in [-0.05, 0) is 45.1 Å². The van der Waals surface area contributed by atoms with Gasteiger partial charge in [0.15, 0.2) is 9.84 Å². The summed E-state index contributed by atoms with van der Waals surface area (Å²) in [6.45, 7) is 3.65. The van der Waals surface area contributed by atoms with Crippen molar-refractivity contribution in [1.82, 2.24) is 9.80 Å². The van der Waals surface area contributed by atoms with E-state index in [-0.39, 0.29) is 17.2 Å². The molecule has 0 aromatic heterocycles. The normalized spacial score (nSPS) is 32.3. The topological polar surface area (TPSA) is 43.9 Å². The molecule has 1 aromatic carbocycles. The molecule has 7 heteroatoms. The summed E-state index contributed by atoms with van der Waals surface area (Å²) in [5, 5.41) is 0.609. The Labute approximate surface area is 161 Å². The van der Waals surface area contributed by atoms with Crippen molar-refractivity contribution in [3.05, 3.63) is 29.3 Å². The van der Waals surface area contributed by atoms with Crippen LogP contribution in [0.5, 0.6) is 0 Å². The van der Waals surface area contributed by atoms with Crippen LogP contribution in [0, 0.1) is 5.92 Å².